The van der Waals surface area contributed by atoms with Crippen LogP contribution in [0.25, 0.3) is 0 Å². The quantitative estimate of drug-likeness (QED) is 0.803. The second-order valence-electron chi connectivity index (χ2n) is 4.23. The third-order valence-corrected chi connectivity index (χ3v) is 3.67. The van der Waals surface area contributed by atoms with E-state index in [9.17, 15) is 9.59 Å². The van der Waals surface area contributed by atoms with Crippen molar-refractivity contribution in [2.45, 2.75) is 6.54 Å². The van der Waals surface area contributed by atoms with Gasteiger partial charge in [-0.25, -0.2) is 4.79 Å². The highest BCUT2D eigenvalue weighted by molar-refractivity contribution is 7.09. The molecule has 110 valence electrons. The van der Waals surface area contributed by atoms with E-state index in [1.54, 1.807) is 36.6 Å². The van der Waals surface area contributed by atoms with Gasteiger partial charge in [0.15, 0.2) is 6.61 Å². The highest BCUT2D eigenvalue weighted by Crippen LogP contribution is 2.15. The first-order valence-corrected chi connectivity index (χ1v) is 7.31. The molecule has 6 heteroatoms. The zero-order valence-electron chi connectivity index (χ0n) is 11.6. The number of hydrogen-bond acceptors (Lipinski definition) is 5. The number of benzene rings is 1. The fourth-order valence-electron chi connectivity index (χ4n) is 1.74. The number of esters is 1. The number of rotatable bonds is 6. The van der Waals surface area contributed by atoms with Gasteiger partial charge in [0.1, 0.15) is 0 Å². The molecule has 2 rings (SSSR count). The zero-order valence-corrected chi connectivity index (χ0v) is 12.4. The number of carbonyl (C=O) groups is 2. The van der Waals surface area contributed by atoms with E-state index >= 15 is 0 Å². The summed E-state index contributed by atoms with van der Waals surface area (Å²) < 4.78 is 5.01. The van der Waals surface area contributed by atoms with Gasteiger partial charge in [0.25, 0.3) is 5.91 Å². The number of ether oxygens (including phenoxy) is 1. The van der Waals surface area contributed by atoms with E-state index in [1.165, 1.54) is 0 Å². The Bertz CT molecular complexity index is 611. The molecule has 1 aromatic heterocycles. The minimum atomic E-state index is -0.522. The van der Waals surface area contributed by atoms with Crippen LogP contribution in [0.3, 0.4) is 0 Å². The van der Waals surface area contributed by atoms with Crippen molar-refractivity contribution in [1.29, 1.82) is 0 Å². The van der Waals surface area contributed by atoms with E-state index in [0.717, 1.165) is 4.88 Å². The van der Waals surface area contributed by atoms with Crippen LogP contribution >= 0.6 is 11.3 Å². The molecule has 0 saturated heterocycles. The number of carbonyl (C=O) groups excluding carboxylic acids is 2. The molecule has 0 bridgehead atoms. The fraction of sp³-hybridized carbons (Fsp3) is 0.200. The molecule has 0 atom stereocenters. The van der Waals surface area contributed by atoms with Crippen LogP contribution < -0.4 is 10.6 Å². The molecule has 5 nitrogen and oxygen atoms in total. The van der Waals surface area contributed by atoms with E-state index in [0.29, 0.717) is 17.8 Å². The van der Waals surface area contributed by atoms with Crippen LogP contribution in [0.15, 0.2) is 41.8 Å². The Hall–Kier alpha value is -2.34. The summed E-state index contributed by atoms with van der Waals surface area (Å²) in [5.74, 6) is -0.843. The molecule has 0 unspecified atom stereocenters. The molecule has 1 aromatic carbocycles. The lowest BCUT2D eigenvalue weighted by molar-refractivity contribution is -0.124. The topological polar surface area (TPSA) is 67.4 Å². The molecule has 0 aliphatic rings. The van der Waals surface area contributed by atoms with Crippen LogP contribution in [-0.4, -0.2) is 25.5 Å². The standard InChI is InChI=1S/C15H16N2O3S/c1-16-13-7-3-2-6-12(13)15(19)20-10-14(18)17-9-11-5-4-8-21-11/h2-8,16H,9-10H2,1H3,(H,17,18). The minimum absolute atomic E-state index is 0.289. The van der Waals surface area contributed by atoms with Crippen LogP contribution in [0.5, 0.6) is 0 Å². The summed E-state index contributed by atoms with van der Waals surface area (Å²) in [5.41, 5.74) is 1.08. The Morgan fingerprint density at radius 1 is 1.19 bits per heavy atom. The van der Waals surface area contributed by atoms with Crippen LogP contribution in [0, 0.1) is 0 Å². The van der Waals surface area contributed by atoms with Gasteiger partial charge in [0, 0.05) is 17.6 Å². The van der Waals surface area contributed by atoms with Crippen molar-refractivity contribution in [2.24, 2.45) is 0 Å². The van der Waals surface area contributed by atoms with Crippen molar-refractivity contribution >= 4 is 28.9 Å². The van der Waals surface area contributed by atoms with E-state index in [1.807, 2.05) is 23.6 Å². The zero-order chi connectivity index (χ0) is 15.1. The lowest BCUT2D eigenvalue weighted by Gasteiger charge is -2.09. The molecule has 0 spiro atoms. The van der Waals surface area contributed by atoms with Crippen molar-refractivity contribution in [3.8, 4) is 0 Å². The molecule has 0 fully saturated rings. The van der Waals surface area contributed by atoms with E-state index < -0.39 is 5.97 Å². The van der Waals surface area contributed by atoms with Gasteiger partial charge >= 0.3 is 5.97 Å². The molecule has 21 heavy (non-hydrogen) atoms. The molecule has 2 N–H and O–H groups in total. The van der Waals surface area contributed by atoms with Crippen LogP contribution in [0.2, 0.25) is 0 Å². The molecule has 0 aliphatic heterocycles. The molecule has 2 aromatic rings. The number of thiophene rings is 1. The monoisotopic (exact) mass is 304 g/mol. The van der Waals surface area contributed by atoms with Gasteiger partial charge in [-0.2, -0.15) is 0 Å². The summed E-state index contributed by atoms with van der Waals surface area (Å²) in [5, 5.41) is 7.55. The summed E-state index contributed by atoms with van der Waals surface area (Å²) in [6.45, 7) is 0.156. The normalized spacial score (nSPS) is 9.95. The van der Waals surface area contributed by atoms with Gasteiger partial charge in [-0.15, -0.1) is 11.3 Å². The summed E-state index contributed by atoms with van der Waals surface area (Å²) in [4.78, 5) is 24.6. The van der Waals surface area contributed by atoms with Crippen LogP contribution in [0.1, 0.15) is 15.2 Å². The highest BCUT2D eigenvalue weighted by Gasteiger charge is 2.13. The van der Waals surface area contributed by atoms with E-state index in [4.69, 9.17) is 4.74 Å². The maximum absolute atomic E-state index is 11.9. The van der Waals surface area contributed by atoms with Crippen molar-refractivity contribution in [2.75, 3.05) is 19.0 Å². The van der Waals surface area contributed by atoms with E-state index in [2.05, 4.69) is 10.6 Å². The van der Waals surface area contributed by atoms with Crippen molar-refractivity contribution in [3.05, 3.63) is 52.2 Å². The van der Waals surface area contributed by atoms with Crippen LogP contribution in [0.4, 0.5) is 5.69 Å². The van der Waals surface area contributed by atoms with Gasteiger partial charge < -0.3 is 15.4 Å². The lowest BCUT2D eigenvalue weighted by Crippen LogP contribution is -2.28. The van der Waals surface area contributed by atoms with Gasteiger partial charge in [-0.05, 0) is 23.6 Å². The Kier molecular flexibility index (Phi) is 5.34. The molecule has 0 aliphatic carbocycles. The third kappa shape index (κ3) is 4.32. The number of hydrogen-bond donors (Lipinski definition) is 2. The fourth-order valence-corrected chi connectivity index (χ4v) is 2.38. The third-order valence-electron chi connectivity index (χ3n) is 2.79. The molecule has 0 saturated carbocycles. The first-order chi connectivity index (χ1) is 10.2. The largest absolute Gasteiger partial charge is 0.452 e. The summed E-state index contributed by atoms with van der Waals surface area (Å²) >= 11 is 1.56. The maximum atomic E-state index is 11.9. The predicted molar refractivity (Wildman–Crippen MR) is 82.4 cm³/mol. The van der Waals surface area contributed by atoms with Gasteiger partial charge in [-0.1, -0.05) is 18.2 Å². The smallest absolute Gasteiger partial charge is 0.340 e. The summed E-state index contributed by atoms with van der Waals surface area (Å²) in [6.07, 6.45) is 0. The number of para-hydroxylation sites is 1. The van der Waals surface area contributed by atoms with Gasteiger partial charge in [0.05, 0.1) is 12.1 Å². The average Bonchev–Trinajstić information content (AvgIpc) is 3.04. The van der Waals surface area contributed by atoms with Crippen molar-refractivity contribution in [1.82, 2.24) is 5.32 Å². The highest BCUT2D eigenvalue weighted by atomic mass is 32.1. The Balaban J connectivity index is 1.82. The van der Waals surface area contributed by atoms with Gasteiger partial charge in [0.2, 0.25) is 0 Å². The molecular weight excluding hydrogens is 288 g/mol. The second-order valence-corrected chi connectivity index (χ2v) is 5.26. The Morgan fingerprint density at radius 3 is 2.71 bits per heavy atom. The first kappa shape index (κ1) is 15.1. The second kappa shape index (κ2) is 7.44. The summed E-state index contributed by atoms with van der Waals surface area (Å²) in [7, 11) is 1.72. The van der Waals surface area contributed by atoms with E-state index in [-0.39, 0.29) is 12.5 Å². The molecule has 0 radical (unpaired) electrons. The number of amides is 1. The number of anilines is 1. The maximum Gasteiger partial charge on any atom is 0.340 e. The summed E-state index contributed by atoms with van der Waals surface area (Å²) in [6, 6.07) is 10.8. The number of nitrogens with one attached hydrogen (secondary N) is 2. The first-order valence-electron chi connectivity index (χ1n) is 6.43. The average molecular weight is 304 g/mol. The SMILES string of the molecule is CNc1ccccc1C(=O)OCC(=O)NCc1cccs1. The van der Waals surface area contributed by atoms with Crippen molar-refractivity contribution in [3.63, 3.8) is 0 Å². The minimum Gasteiger partial charge on any atom is -0.452 e. The lowest BCUT2D eigenvalue weighted by atomic mass is 10.2. The Morgan fingerprint density at radius 2 is 2.00 bits per heavy atom. The predicted octanol–water partition coefficient (Wildman–Crippen LogP) is 2.26. The molecule has 1 amide bonds. The van der Waals surface area contributed by atoms with Gasteiger partial charge in [-0.3, -0.25) is 4.79 Å². The molecule has 1 heterocycles. The Labute approximate surface area is 126 Å². The van der Waals surface area contributed by atoms with Crippen molar-refractivity contribution < 1.29 is 14.3 Å². The van der Waals surface area contributed by atoms with Crippen LogP contribution in [-0.2, 0) is 16.1 Å². The molecular formula is C15H16N2O3S.